The minimum Gasteiger partial charge on any atom is -0.316 e. The van der Waals surface area contributed by atoms with Crippen molar-refractivity contribution in [1.82, 2.24) is 5.32 Å². The maximum Gasteiger partial charge on any atom is 0.162 e. The number of hydrogen-bond acceptors (Lipinski definition) is 2. The van der Waals surface area contributed by atoms with Crippen LogP contribution in [0.1, 0.15) is 60.4 Å². The molecule has 2 fully saturated rings. The van der Waals surface area contributed by atoms with Crippen LogP contribution in [0.4, 0.5) is 0 Å². The van der Waals surface area contributed by atoms with Gasteiger partial charge in [0.1, 0.15) is 0 Å². The van der Waals surface area contributed by atoms with E-state index in [1.807, 2.05) is 12.1 Å². The summed E-state index contributed by atoms with van der Waals surface area (Å²) in [6.45, 7) is 2.21. The molecule has 102 valence electrons. The van der Waals surface area contributed by atoms with Gasteiger partial charge in [0, 0.05) is 12.0 Å². The summed E-state index contributed by atoms with van der Waals surface area (Å²) in [6.07, 6.45) is 6.98. The summed E-state index contributed by atoms with van der Waals surface area (Å²) in [5.41, 5.74) is 2.32. The summed E-state index contributed by atoms with van der Waals surface area (Å²) >= 11 is 0. The van der Waals surface area contributed by atoms with Crippen LogP contribution >= 0.6 is 0 Å². The van der Waals surface area contributed by atoms with Crippen molar-refractivity contribution < 1.29 is 4.79 Å². The lowest BCUT2D eigenvalue weighted by molar-refractivity contribution is 0.0974. The number of carbonyl (C=O) groups is 1. The van der Waals surface area contributed by atoms with Crippen molar-refractivity contribution in [2.24, 2.45) is 5.92 Å². The van der Waals surface area contributed by atoms with Gasteiger partial charge in [0.2, 0.25) is 0 Å². The zero-order valence-corrected chi connectivity index (χ0v) is 11.5. The lowest BCUT2D eigenvalue weighted by Gasteiger charge is -2.25. The average molecular weight is 257 g/mol. The smallest absolute Gasteiger partial charge is 0.162 e. The fourth-order valence-corrected chi connectivity index (χ4v) is 3.12. The van der Waals surface area contributed by atoms with E-state index in [2.05, 4.69) is 17.4 Å². The molecule has 0 bridgehead atoms. The standard InChI is InChI=1S/C17H23NO/c19-17(9-4-13-10-11-18-12-13)16-7-5-15(6-8-16)14-2-1-3-14/h5-8,13-14,18H,1-4,9-12H2. The van der Waals surface area contributed by atoms with Gasteiger partial charge in [-0.3, -0.25) is 4.79 Å². The van der Waals surface area contributed by atoms with Crippen molar-refractivity contribution in [3.63, 3.8) is 0 Å². The highest BCUT2D eigenvalue weighted by molar-refractivity contribution is 5.96. The van der Waals surface area contributed by atoms with Crippen LogP contribution in [0.3, 0.4) is 0 Å². The first-order valence-electron chi connectivity index (χ1n) is 7.67. The van der Waals surface area contributed by atoms with Crippen molar-refractivity contribution in [2.75, 3.05) is 13.1 Å². The summed E-state index contributed by atoms with van der Waals surface area (Å²) in [5, 5.41) is 3.36. The number of Topliss-reactive ketones (excluding diaryl/α,β-unsaturated/α-hetero) is 1. The van der Waals surface area contributed by atoms with Gasteiger partial charge in [-0.1, -0.05) is 30.7 Å². The fraction of sp³-hybridized carbons (Fsp3) is 0.588. The van der Waals surface area contributed by atoms with Gasteiger partial charge in [-0.05, 0) is 56.2 Å². The summed E-state index contributed by atoms with van der Waals surface area (Å²) in [5.74, 6) is 1.78. The minimum absolute atomic E-state index is 0.312. The number of hydrogen-bond donors (Lipinski definition) is 1. The number of nitrogens with one attached hydrogen (secondary N) is 1. The van der Waals surface area contributed by atoms with Crippen LogP contribution in [0.5, 0.6) is 0 Å². The van der Waals surface area contributed by atoms with Crippen molar-refractivity contribution in [2.45, 2.75) is 44.4 Å². The predicted molar refractivity (Wildman–Crippen MR) is 77.6 cm³/mol. The van der Waals surface area contributed by atoms with E-state index >= 15 is 0 Å². The number of carbonyl (C=O) groups excluding carboxylic acids is 1. The molecule has 1 saturated carbocycles. The summed E-state index contributed by atoms with van der Waals surface area (Å²) in [7, 11) is 0. The Balaban J connectivity index is 1.53. The molecule has 1 saturated heterocycles. The molecule has 2 heteroatoms. The molecule has 0 spiro atoms. The predicted octanol–water partition coefficient (Wildman–Crippen LogP) is 3.53. The van der Waals surface area contributed by atoms with Crippen molar-refractivity contribution in [3.05, 3.63) is 35.4 Å². The van der Waals surface area contributed by atoms with Gasteiger partial charge in [-0.25, -0.2) is 0 Å². The zero-order valence-electron chi connectivity index (χ0n) is 11.5. The van der Waals surface area contributed by atoms with E-state index < -0.39 is 0 Å². The van der Waals surface area contributed by atoms with Gasteiger partial charge in [0.15, 0.2) is 5.78 Å². The molecule has 0 radical (unpaired) electrons. The molecule has 1 aromatic carbocycles. The molecule has 1 aliphatic carbocycles. The van der Waals surface area contributed by atoms with Crippen LogP contribution < -0.4 is 5.32 Å². The van der Waals surface area contributed by atoms with E-state index in [4.69, 9.17) is 0 Å². The number of ketones is 1. The van der Waals surface area contributed by atoms with E-state index in [1.54, 1.807) is 0 Å². The molecule has 1 heterocycles. The number of rotatable bonds is 5. The second-order valence-electron chi connectivity index (χ2n) is 6.07. The van der Waals surface area contributed by atoms with Gasteiger partial charge in [-0.15, -0.1) is 0 Å². The maximum absolute atomic E-state index is 12.1. The first-order valence-corrected chi connectivity index (χ1v) is 7.67. The van der Waals surface area contributed by atoms with Crippen LogP contribution in [0.25, 0.3) is 0 Å². The van der Waals surface area contributed by atoms with Gasteiger partial charge in [0.05, 0.1) is 0 Å². The third-order valence-electron chi connectivity index (χ3n) is 4.75. The molecule has 3 rings (SSSR count). The first kappa shape index (κ1) is 12.9. The van der Waals surface area contributed by atoms with Crippen LogP contribution in [-0.4, -0.2) is 18.9 Å². The molecule has 2 nitrogen and oxygen atoms in total. The SMILES string of the molecule is O=C(CCC1CCNC1)c1ccc(C2CCC2)cc1. The monoisotopic (exact) mass is 257 g/mol. The minimum atomic E-state index is 0.312. The molecule has 1 aliphatic heterocycles. The third kappa shape index (κ3) is 3.06. The zero-order chi connectivity index (χ0) is 13.1. The Hall–Kier alpha value is -1.15. The molecule has 1 aromatic rings. The average Bonchev–Trinajstić information content (AvgIpc) is 2.88. The van der Waals surface area contributed by atoms with Crippen LogP contribution in [0, 0.1) is 5.92 Å². The molecular weight excluding hydrogens is 234 g/mol. The van der Waals surface area contributed by atoms with Crippen molar-refractivity contribution in [1.29, 1.82) is 0 Å². The topological polar surface area (TPSA) is 29.1 Å². The molecule has 1 unspecified atom stereocenters. The molecule has 1 N–H and O–H groups in total. The van der Waals surface area contributed by atoms with Crippen molar-refractivity contribution >= 4 is 5.78 Å². The van der Waals surface area contributed by atoms with Crippen LogP contribution in [0.2, 0.25) is 0 Å². The Labute approximate surface area is 115 Å². The molecule has 2 aliphatic rings. The largest absolute Gasteiger partial charge is 0.316 e. The van der Waals surface area contributed by atoms with E-state index in [-0.39, 0.29) is 0 Å². The van der Waals surface area contributed by atoms with Crippen LogP contribution in [0.15, 0.2) is 24.3 Å². The Kier molecular flexibility index (Phi) is 3.97. The van der Waals surface area contributed by atoms with Gasteiger partial charge < -0.3 is 5.32 Å². The number of benzene rings is 1. The highest BCUT2D eigenvalue weighted by Gasteiger charge is 2.20. The fourth-order valence-electron chi connectivity index (χ4n) is 3.12. The molecule has 0 aromatic heterocycles. The third-order valence-corrected chi connectivity index (χ3v) is 4.75. The van der Waals surface area contributed by atoms with Gasteiger partial charge >= 0.3 is 0 Å². The molecule has 19 heavy (non-hydrogen) atoms. The van der Waals surface area contributed by atoms with E-state index in [1.165, 1.54) is 31.2 Å². The highest BCUT2D eigenvalue weighted by atomic mass is 16.1. The Morgan fingerprint density at radius 2 is 1.95 bits per heavy atom. The molecular formula is C17H23NO. The highest BCUT2D eigenvalue weighted by Crippen LogP contribution is 2.36. The van der Waals surface area contributed by atoms with E-state index in [0.29, 0.717) is 18.1 Å². The maximum atomic E-state index is 12.1. The Morgan fingerprint density at radius 3 is 2.53 bits per heavy atom. The molecule has 0 amide bonds. The quantitative estimate of drug-likeness (QED) is 0.818. The van der Waals surface area contributed by atoms with E-state index in [9.17, 15) is 4.79 Å². The summed E-state index contributed by atoms with van der Waals surface area (Å²) < 4.78 is 0. The first-order chi connectivity index (χ1) is 9.33. The Bertz CT molecular complexity index is 427. The second kappa shape index (κ2) is 5.87. The summed E-state index contributed by atoms with van der Waals surface area (Å²) in [6, 6.07) is 8.38. The molecule has 1 atom stereocenters. The normalized spacial score (nSPS) is 23.3. The van der Waals surface area contributed by atoms with Crippen molar-refractivity contribution in [3.8, 4) is 0 Å². The lowest BCUT2D eigenvalue weighted by atomic mass is 9.80. The van der Waals surface area contributed by atoms with E-state index in [0.717, 1.165) is 31.0 Å². The van der Waals surface area contributed by atoms with Gasteiger partial charge in [0.25, 0.3) is 0 Å². The second-order valence-corrected chi connectivity index (χ2v) is 6.07. The van der Waals surface area contributed by atoms with Gasteiger partial charge in [-0.2, -0.15) is 0 Å². The lowest BCUT2D eigenvalue weighted by Crippen LogP contribution is -2.11. The van der Waals surface area contributed by atoms with Crippen LogP contribution in [-0.2, 0) is 0 Å². The Morgan fingerprint density at radius 1 is 1.16 bits per heavy atom. The summed E-state index contributed by atoms with van der Waals surface area (Å²) in [4.78, 5) is 12.1.